The molecule has 0 aliphatic carbocycles. The molecule has 2 aromatic carbocycles. The highest BCUT2D eigenvalue weighted by atomic mass is 35.5. The summed E-state index contributed by atoms with van der Waals surface area (Å²) in [5.74, 6) is 1.21. The number of pyridine rings is 1. The molecule has 0 saturated carbocycles. The molecule has 6 heteroatoms. The van der Waals surface area contributed by atoms with Crippen molar-refractivity contribution in [2.75, 3.05) is 0 Å². The summed E-state index contributed by atoms with van der Waals surface area (Å²) >= 11 is 12.2. The lowest BCUT2D eigenvalue weighted by Crippen LogP contribution is -2.04. The number of esters is 1. The van der Waals surface area contributed by atoms with Gasteiger partial charge in [-0.2, -0.15) is 0 Å². The number of hydrogen-bond donors (Lipinski definition) is 0. The van der Waals surface area contributed by atoms with Crippen molar-refractivity contribution in [3.63, 3.8) is 0 Å². The summed E-state index contributed by atoms with van der Waals surface area (Å²) in [5, 5.41) is 1.76. The van der Waals surface area contributed by atoms with Gasteiger partial charge in [-0.05, 0) is 50.2 Å². The summed E-state index contributed by atoms with van der Waals surface area (Å²) in [7, 11) is 0. The number of rotatable bonds is 3. The van der Waals surface area contributed by atoms with Gasteiger partial charge in [0.15, 0.2) is 5.75 Å². The van der Waals surface area contributed by atoms with Gasteiger partial charge in [0.1, 0.15) is 11.5 Å². The molecule has 0 spiro atoms. The fourth-order valence-electron chi connectivity index (χ4n) is 2.63. The highest BCUT2D eigenvalue weighted by Crippen LogP contribution is 2.39. The van der Waals surface area contributed by atoms with Gasteiger partial charge in [0.2, 0.25) is 0 Å². The molecule has 0 radical (unpaired) electrons. The van der Waals surface area contributed by atoms with Gasteiger partial charge >= 0.3 is 5.97 Å². The van der Waals surface area contributed by atoms with Gasteiger partial charge in [0, 0.05) is 17.5 Å². The summed E-state index contributed by atoms with van der Waals surface area (Å²) in [6, 6.07) is 10.4. The van der Waals surface area contributed by atoms with Crippen molar-refractivity contribution in [1.82, 2.24) is 4.98 Å². The van der Waals surface area contributed by atoms with Crippen LogP contribution in [0.2, 0.25) is 10.0 Å². The Morgan fingerprint density at radius 1 is 1.04 bits per heavy atom. The lowest BCUT2D eigenvalue weighted by Gasteiger charge is -2.16. The third kappa shape index (κ3) is 3.55. The van der Waals surface area contributed by atoms with Gasteiger partial charge in [0.25, 0.3) is 0 Å². The Bertz CT molecular complexity index is 969. The first-order valence-corrected chi connectivity index (χ1v) is 8.33. The topological polar surface area (TPSA) is 48.4 Å². The summed E-state index contributed by atoms with van der Waals surface area (Å²) in [6.07, 6.45) is 0. The highest BCUT2D eigenvalue weighted by Gasteiger charge is 2.18. The summed E-state index contributed by atoms with van der Waals surface area (Å²) in [5.41, 5.74) is 2.04. The van der Waals surface area contributed by atoms with Crippen LogP contribution in [-0.4, -0.2) is 11.0 Å². The van der Waals surface area contributed by atoms with Crippen molar-refractivity contribution in [2.24, 2.45) is 0 Å². The number of halogens is 2. The maximum Gasteiger partial charge on any atom is 0.308 e. The third-order valence-corrected chi connectivity index (χ3v) is 4.26. The van der Waals surface area contributed by atoms with E-state index in [1.54, 1.807) is 36.4 Å². The van der Waals surface area contributed by atoms with E-state index in [4.69, 9.17) is 32.7 Å². The van der Waals surface area contributed by atoms with E-state index in [1.807, 2.05) is 13.8 Å². The maximum atomic E-state index is 11.4. The zero-order valence-corrected chi connectivity index (χ0v) is 15.4. The Hall–Kier alpha value is -2.30. The van der Waals surface area contributed by atoms with E-state index in [0.717, 1.165) is 5.56 Å². The van der Waals surface area contributed by atoms with Crippen molar-refractivity contribution in [3.05, 3.63) is 57.7 Å². The van der Waals surface area contributed by atoms with Gasteiger partial charge in [-0.15, -0.1) is 0 Å². The lowest BCUT2D eigenvalue weighted by molar-refractivity contribution is -0.131. The molecule has 0 fully saturated rings. The van der Waals surface area contributed by atoms with E-state index in [9.17, 15) is 4.79 Å². The van der Waals surface area contributed by atoms with Gasteiger partial charge < -0.3 is 9.47 Å². The molecule has 0 unspecified atom stereocenters. The standard InChI is InChI=1S/C19H15Cl2NO3/c1-10-17-16(24-12(3)23)9-8-15(21)18(17)22-11(2)19(10)25-14-6-4-13(20)5-7-14/h4-9H,1-3H3. The quantitative estimate of drug-likeness (QED) is 0.423. The zero-order valence-electron chi connectivity index (χ0n) is 13.9. The van der Waals surface area contributed by atoms with E-state index in [2.05, 4.69) is 4.98 Å². The van der Waals surface area contributed by atoms with Crippen LogP contribution in [0.5, 0.6) is 17.2 Å². The van der Waals surface area contributed by atoms with Crippen LogP contribution in [-0.2, 0) is 4.79 Å². The number of hydrogen-bond acceptors (Lipinski definition) is 4. The predicted molar refractivity (Wildman–Crippen MR) is 99.1 cm³/mol. The van der Waals surface area contributed by atoms with Crippen molar-refractivity contribution in [3.8, 4) is 17.2 Å². The number of ether oxygens (including phenoxy) is 2. The van der Waals surface area contributed by atoms with E-state index >= 15 is 0 Å². The zero-order chi connectivity index (χ0) is 18.1. The van der Waals surface area contributed by atoms with Gasteiger partial charge in [-0.1, -0.05) is 23.2 Å². The number of aromatic nitrogens is 1. The van der Waals surface area contributed by atoms with E-state index < -0.39 is 5.97 Å². The van der Waals surface area contributed by atoms with Crippen LogP contribution in [0.15, 0.2) is 36.4 Å². The molecule has 0 atom stereocenters. The number of benzene rings is 2. The molecule has 3 rings (SSSR count). The maximum absolute atomic E-state index is 11.4. The largest absolute Gasteiger partial charge is 0.455 e. The monoisotopic (exact) mass is 375 g/mol. The Morgan fingerprint density at radius 2 is 1.72 bits per heavy atom. The second kappa shape index (κ2) is 6.90. The number of aryl methyl sites for hydroxylation is 2. The molecular formula is C19H15Cl2NO3. The normalized spacial score (nSPS) is 10.8. The highest BCUT2D eigenvalue weighted by molar-refractivity contribution is 6.35. The molecule has 0 N–H and O–H groups in total. The second-order valence-electron chi connectivity index (χ2n) is 5.57. The second-order valence-corrected chi connectivity index (χ2v) is 6.41. The number of carbonyl (C=O) groups excluding carboxylic acids is 1. The first-order valence-electron chi connectivity index (χ1n) is 7.58. The third-order valence-electron chi connectivity index (χ3n) is 3.70. The van der Waals surface area contributed by atoms with E-state index in [0.29, 0.717) is 43.9 Å². The fraction of sp³-hybridized carbons (Fsp3) is 0.158. The minimum absolute atomic E-state index is 0.401. The molecule has 0 aliphatic heterocycles. The molecule has 3 aromatic rings. The van der Waals surface area contributed by atoms with Crippen molar-refractivity contribution in [2.45, 2.75) is 20.8 Å². The van der Waals surface area contributed by atoms with Crippen molar-refractivity contribution >= 4 is 40.1 Å². The first-order chi connectivity index (χ1) is 11.9. The van der Waals surface area contributed by atoms with Crippen LogP contribution in [0.3, 0.4) is 0 Å². The fourth-order valence-corrected chi connectivity index (χ4v) is 2.96. The van der Waals surface area contributed by atoms with Crippen LogP contribution in [0.25, 0.3) is 10.9 Å². The molecular weight excluding hydrogens is 361 g/mol. The molecule has 128 valence electrons. The average molecular weight is 376 g/mol. The van der Waals surface area contributed by atoms with Gasteiger partial charge in [-0.25, -0.2) is 4.98 Å². The molecule has 4 nitrogen and oxygen atoms in total. The van der Waals surface area contributed by atoms with Crippen LogP contribution in [0.4, 0.5) is 0 Å². The van der Waals surface area contributed by atoms with E-state index in [-0.39, 0.29) is 0 Å². The number of carbonyl (C=O) groups is 1. The van der Waals surface area contributed by atoms with Crippen LogP contribution in [0.1, 0.15) is 18.2 Å². The van der Waals surface area contributed by atoms with Crippen molar-refractivity contribution in [1.29, 1.82) is 0 Å². The first kappa shape index (κ1) is 17.5. The SMILES string of the molecule is CC(=O)Oc1ccc(Cl)c2nc(C)c(Oc3ccc(Cl)cc3)c(C)c12. The lowest BCUT2D eigenvalue weighted by atomic mass is 10.1. The summed E-state index contributed by atoms with van der Waals surface area (Å²) in [6.45, 7) is 5.07. The van der Waals surface area contributed by atoms with Gasteiger partial charge in [0.05, 0.1) is 21.6 Å². The molecule has 0 saturated heterocycles. The van der Waals surface area contributed by atoms with Crippen molar-refractivity contribution < 1.29 is 14.3 Å². The smallest absolute Gasteiger partial charge is 0.308 e. The Balaban J connectivity index is 2.19. The molecule has 1 heterocycles. The summed E-state index contributed by atoms with van der Waals surface area (Å²) < 4.78 is 11.3. The summed E-state index contributed by atoms with van der Waals surface area (Å²) in [4.78, 5) is 16.0. The number of fused-ring (bicyclic) bond motifs is 1. The van der Waals surface area contributed by atoms with Crippen LogP contribution in [0, 0.1) is 13.8 Å². The molecule has 0 bridgehead atoms. The van der Waals surface area contributed by atoms with Crippen LogP contribution >= 0.6 is 23.2 Å². The molecule has 0 amide bonds. The predicted octanol–water partition coefficient (Wildman–Crippen LogP) is 5.88. The van der Waals surface area contributed by atoms with Crippen LogP contribution < -0.4 is 9.47 Å². The van der Waals surface area contributed by atoms with E-state index in [1.165, 1.54) is 6.92 Å². The molecule has 1 aromatic heterocycles. The minimum atomic E-state index is -0.413. The Kier molecular flexibility index (Phi) is 4.84. The molecule has 0 aliphatic rings. The molecule has 25 heavy (non-hydrogen) atoms. The minimum Gasteiger partial charge on any atom is -0.455 e. The Labute approximate surface area is 155 Å². The number of nitrogens with zero attached hydrogens (tertiary/aromatic N) is 1. The average Bonchev–Trinajstić information content (AvgIpc) is 2.55. The van der Waals surface area contributed by atoms with Gasteiger partial charge in [-0.3, -0.25) is 4.79 Å². The Morgan fingerprint density at radius 3 is 2.36 bits per heavy atom.